The van der Waals surface area contributed by atoms with Gasteiger partial charge in [-0.05, 0) is 12.5 Å². The molecular weight excluding hydrogens is 190 g/mol. The average Bonchev–Trinajstić information content (AvgIpc) is 2.19. The second-order valence-electron chi connectivity index (χ2n) is 3.94. The monoisotopic (exact) mass is 208 g/mol. The zero-order valence-corrected chi connectivity index (χ0v) is 9.32. The zero-order chi connectivity index (χ0) is 11.3. The number of ether oxygens (including phenoxy) is 1. The van der Waals surface area contributed by atoms with Crippen molar-refractivity contribution in [3.63, 3.8) is 0 Å². The number of carbonyl (C=O) groups excluding carboxylic acids is 1. The van der Waals surface area contributed by atoms with Gasteiger partial charge >= 0.3 is 5.97 Å². The van der Waals surface area contributed by atoms with Crippen molar-refractivity contribution in [3.8, 4) is 0 Å². The highest BCUT2D eigenvalue weighted by molar-refractivity contribution is 5.78. The van der Waals surface area contributed by atoms with Crippen LogP contribution in [0.1, 0.15) is 19.4 Å². The van der Waals surface area contributed by atoms with Crippen molar-refractivity contribution in [3.05, 3.63) is 35.9 Å². The van der Waals surface area contributed by atoms with E-state index in [2.05, 4.69) is 5.73 Å². The third-order valence-electron chi connectivity index (χ3n) is 2.21. The van der Waals surface area contributed by atoms with Crippen LogP contribution >= 0.6 is 0 Å². The predicted molar refractivity (Wildman–Crippen MR) is 58.1 cm³/mol. The lowest BCUT2D eigenvalue weighted by molar-refractivity contribution is -0.456. The summed E-state index contributed by atoms with van der Waals surface area (Å²) < 4.78 is 4.98. The first kappa shape index (κ1) is 11.7. The fourth-order valence-electron chi connectivity index (χ4n) is 1.42. The molecule has 0 heterocycles. The highest BCUT2D eigenvalue weighted by atomic mass is 16.5. The number of carbonyl (C=O) groups is 1. The fourth-order valence-corrected chi connectivity index (χ4v) is 1.42. The van der Waals surface area contributed by atoms with Crippen molar-refractivity contribution in [2.45, 2.75) is 25.8 Å². The van der Waals surface area contributed by atoms with Crippen LogP contribution in [0, 0.1) is 0 Å². The molecule has 0 aliphatic rings. The first-order valence-electron chi connectivity index (χ1n) is 5.13. The molecule has 3 N–H and O–H groups in total. The Morgan fingerprint density at radius 1 is 1.40 bits per heavy atom. The maximum Gasteiger partial charge on any atom is 0.367 e. The predicted octanol–water partition coefficient (Wildman–Crippen LogP) is 0.793. The summed E-state index contributed by atoms with van der Waals surface area (Å²) in [4.78, 5) is 11.6. The minimum Gasteiger partial charge on any atom is -0.461 e. The Hall–Kier alpha value is -1.35. The molecule has 82 valence electrons. The van der Waals surface area contributed by atoms with Crippen molar-refractivity contribution in [1.29, 1.82) is 0 Å². The molecular formula is C12H18NO2+. The standard InChI is InChI=1S/C12H17NO2/c1-3-15-11(14)12(2,13)9-10-7-5-4-6-8-10/h4-8H,3,9,13H2,1-2H3/p+1. The van der Waals surface area contributed by atoms with E-state index in [0.717, 1.165) is 5.56 Å². The first-order valence-corrected chi connectivity index (χ1v) is 5.13. The summed E-state index contributed by atoms with van der Waals surface area (Å²) in [7, 11) is 0. The Balaban J connectivity index is 2.68. The molecule has 0 spiro atoms. The molecule has 0 amide bonds. The molecule has 0 aliphatic heterocycles. The minimum absolute atomic E-state index is 0.242. The van der Waals surface area contributed by atoms with E-state index in [9.17, 15) is 4.79 Å². The second kappa shape index (κ2) is 4.94. The van der Waals surface area contributed by atoms with Crippen LogP contribution in [-0.2, 0) is 16.0 Å². The van der Waals surface area contributed by atoms with E-state index in [-0.39, 0.29) is 5.97 Å². The maximum absolute atomic E-state index is 11.6. The molecule has 1 rings (SSSR count). The van der Waals surface area contributed by atoms with Gasteiger partial charge < -0.3 is 10.5 Å². The first-order chi connectivity index (χ1) is 7.06. The van der Waals surface area contributed by atoms with Gasteiger partial charge in [0.25, 0.3) is 0 Å². The van der Waals surface area contributed by atoms with Crippen molar-refractivity contribution in [2.24, 2.45) is 0 Å². The third-order valence-corrected chi connectivity index (χ3v) is 2.21. The van der Waals surface area contributed by atoms with Gasteiger partial charge in [0, 0.05) is 13.3 Å². The van der Waals surface area contributed by atoms with E-state index in [1.165, 1.54) is 0 Å². The van der Waals surface area contributed by atoms with E-state index >= 15 is 0 Å². The second-order valence-corrected chi connectivity index (χ2v) is 3.94. The molecule has 0 aliphatic carbocycles. The molecule has 1 aromatic rings. The summed E-state index contributed by atoms with van der Waals surface area (Å²) in [5.74, 6) is -0.242. The molecule has 0 radical (unpaired) electrons. The van der Waals surface area contributed by atoms with Crippen LogP contribution in [0.25, 0.3) is 0 Å². The Bertz CT molecular complexity index is 320. The third kappa shape index (κ3) is 3.36. The summed E-state index contributed by atoms with van der Waals surface area (Å²) in [5, 5.41) is 0. The van der Waals surface area contributed by atoms with Gasteiger partial charge in [-0.25, -0.2) is 4.79 Å². The Morgan fingerprint density at radius 2 is 2.00 bits per heavy atom. The minimum atomic E-state index is -0.697. The quantitative estimate of drug-likeness (QED) is 0.744. The van der Waals surface area contributed by atoms with Gasteiger partial charge in [-0.2, -0.15) is 0 Å². The van der Waals surface area contributed by atoms with Crippen molar-refractivity contribution < 1.29 is 15.3 Å². The molecule has 1 atom stereocenters. The van der Waals surface area contributed by atoms with Crippen molar-refractivity contribution >= 4 is 5.97 Å². The largest absolute Gasteiger partial charge is 0.461 e. The lowest BCUT2D eigenvalue weighted by atomic mass is 9.94. The summed E-state index contributed by atoms with van der Waals surface area (Å²) in [6.45, 7) is 4.01. The number of hydrogen-bond acceptors (Lipinski definition) is 2. The van der Waals surface area contributed by atoms with Crippen molar-refractivity contribution in [2.75, 3.05) is 6.61 Å². The van der Waals surface area contributed by atoms with Crippen LogP contribution in [0.15, 0.2) is 30.3 Å². The summed E-state index contributed by atoms with van der Waals surface area (Å²) in [6.07, 6.45) is 0.604. The number of rotatable bonds is 4. The molecule has 0 aromatic heterocycles. The molecule has 1 aromatic carbocycles. The van der Waals surface area contributed by atoms with Gasteiger partial charge in [0.05, 0.1) is 6.61 Å². The molecule has 15 heavy (non-hydrogen) atoms. The van der Waals surface area contributed by atoms with Gasteiger partial charge in [-0.1, -0.05) is 30.3 Å². The Morgan fingerprint density at radius 3 is 2.53 bits per heavy atom. The average molecular weight is 208 g/mol. The van der Waals surface area contributed by atoms with Gasteiger partial charge in [0.1, 0.15) is 0 Å². The maximum atomic E-state index is 11.6. The van der Waals surface area contributed by atoms with Gasteiger partial charge in [-0.3, -0.25) is 0 Å². The molecule has 3 heteroatoms. The van der Waals surface area contributed by atoms with E-state index < -0.39 is 5.54 Å². The Labute approximate surface area is 90.2 Å². The zero-order valence-electron chi connectivity index (χ0n) is 9.32. The van der Waals surface area contributed by atoms with Gasteiger partial charge in [0.2, 0.25) is 0 Å². The van der Waals surface area contributed by atoms with Gasteiger partial charge in [-0.15, -0.1) is 0 Å². The number of hydrogen-bond donors (Lipinski definition) is 1. The van der Waals surface area contributed by atoms with Crippen LogP contribution in [0.5, 0.6) is 0 Å². The van der Waals surface area contributed by atoms with E-state index in [0.29, 0.717) is 13.0 Å². The SMILES string of the molecule is CCOC(=O)C(C)([NH3+])Cc1ccccc1. The summed E-state index contributed by atoms with van der Waals surface area (Å²) in [6, 6.07) is 9.84. The smallest absolute Gasteiger partial charge is 0.367 e. The molecule has 1 unspecified atom stereocenters. The number of quaternary nitrogens is 1. The summed E-state index contributed by atoms with van der Waals surface area (Å²) >= 11 is 0. The lowest BCUT2D eigenvalue weighted by Crippen LogP contribution is -2.76. The number of benzene rings is 1. The van der Waals surface area contributed by atoms with Crippen LogP contribution in [0.3, 0.4) is 0 Å². The topological polar surface area (TPSA) is 53.9 Å². The normalized spacial score (nSPS) is 14.3. The Kier molecular flexibility index (Phi) is 3.86. The highest BCUT2D eigenvalue weighted by Crippen LogP contribution is 2.10. The van der Waals surface area contributed by atoms with Crippen LogP contribution in [0.2, 0.25) is 0 Å². The molecule has 0 bridgehead atoms. The van der Waals surface area contributed by atoms with Crippen LogP contribution < -0.4 is 5.73 Å². The highest BCUT2D eigenvalue weighted by Gasteiger charge is 2.34. The molecule has 3 nitrogen and oxygen atoms in total. The number of esters is 1. The van der Waals surface area contributed by atoms with E-state index in [1.807, 2.05) is 30.3 Å². The molecule has 0 saturated carbocycles. The van der Waals surface area contributed by atoms with Crippen LogP contribution in [-0.4, -0.2) is 18.1 Å². The van der Waals surface area contributed by atoms with E-state index in [1.54, 1.807) is 13.8 Å². The van der Waals surface area contributed by atoms with Crippen LogP contribution in [0.4, 0.5) is 0 Å². The van der Waals surface area contributed by atoms with Gasteiger partial charge in [0.15, 0.2) is 5.54 Å². The molecule has 0 saturated heterocycles. The van der Waals surface area contributed by atoms with E-state index in [4.69, 9.17) is 4.74 Å². The molecule has 0 fully saturated rings. The van der Waals surface area contributed by atoms with Crippen molar-refractivity contribution in [1.82, 2.24) is 0 Å². The lowest BCUT2D eigenvalue weighted by Gasteiger charge is -2.18. The summed E-state index contributed by atoms with van der Waals surface area (Å²) in [5.41, 5.74) is 4.31. The fraction of sp³-hybridized carbons (Fsp3) is 0.417.